The average molecular weight is 415 g/mol. The largest absolute Gasteiger partial charge is 0.357 e. The third-order valence-electron chi connectivity index (χ3n) is 5.85. The molecule has 2 aromatic rings. The van der Waals surface area contributed by atoms with Crippen molar-refractivity contribution in [2.24, 2.45) is 0 Å². The molecule has 1 aromatic carbocycles. The van der Waals surface area contributed by atoms with Crippen LogP contribution in [0.25, 0.3) is 0 Å². The van der Waals surface area contributed by atoms with Crippen molar-refractivity contribution in [3.05, 3.63) is 53.9 Å². The molecule has 0 bridgehead atoms. The summed E-state index contributed by atoms with van der Waals surface area (Å²) in [7, 11) is 1.60. The Kier molecular flexibility index (Phi) is 5.72. The number of benzene rings is 1. The van der Waals surface area contributed by atoms with Crippen molar-refractivity contribution in [2.75, 3.05) is 26.7 Å². The molecule has 1 fully saturated rings. The Bertz CT molecular complexity index is 906. The first-order chi connectivity index (χ1) is 14.5. The molecule has 4 rings (SSSR count). The van der Waals surface area contributed by atoms with Gasteiger partial charge < -0.3 is 24.8 Å². The molecule has 0 aliphatic carbocycles. The number of imidazole rings is 1. The van der Waals surface area contributed by atoms with E-state index < -0.39 is 11.7 Å². The minimum absolute atomic E-state index is 0.131. The third-order valence-corrected chi connectivity index (χ3v) is 5.85. The van der Waals surface area contributed by atoms with Crippen molar-refractivity contribution in [2.45, 2.75) is 37.5 Å². The highest BCUT2D eigenvalue weighted by Gasteiger charge is 2.47. The van der Waals surface area contributed by atoms with E-state index in [4.69, 9.17) is 4.74 Å². The summed E-state index contributed by atoms with van der Waals surface area (Å²) in [5.41, 5.74) is 0.307. The molecule has 2 aliphatic rings. The number of hydrogen-bond donors (Lipinski definition) is 2. The SMILES string of the molecule is CNC(=O)C1Cn2ccnc2C2(CCN(C(=O)NCCc3ccc(F)cc3)CC2)O1. The van der Waals surface area contributed by atoms with Crippen LogP contribution in [0.3, 0.4) is 0 Å². The van der Waals surface area contributed by atoms with Crippen LogP contribution in [-0.2, 0) is 28.1 Å². The van der Waals surface area contributed by atoms with E-state index in [-0.39, 0.29) is 17.8 Å². The van der Waals surface area contributed by atoms with Crippen LogP contribution < -0.4 is 10.6 Å². The molecule has 8 nitrogen and oxygen atoms in total. The maximum absolute atomic E-state index is 13.0. The Balaban J connectivity index is 1.34. The standard InChI is InChI=1S/C21H26FN5O3/c1-23-18(28)17-14-27-13-10-24-19(27)21(30-17)7-11-26(12-8-21)20(29)25-9-6-15-2-4-16(22)5-3-15/h2-5,10,13,17H,6-9,11-12,14H2,1H3,(H,23,28)(H,25,29). The van der Waals surface area contributed by atoms with Crippen LogP contribution >= 0.6 is 0 Å². The maximum Gasteiger partial charge on any atom is 0.317 e. The zero-order chi connectivity index (χ0) is 21.1. The van der Waals surface area contributed by atoms with Gasteiger partial charge in [-0.3, -0.25) is 4.79 Å². The quantitative estimate of drug-likeness (QED) is 0.790. The molecular formula is C21H26FN5O3. The summed E-state index contributed by atoms with van der Waals surface area (Å²) in [4.78, 5) is 31.0. The summed E-state index contributed by atoms with van der Waals surface area (Å²) in [6, 6.07) is 6.15. The van der Waals surface area contributed by atoms with Crippen molar-refractivity contribution < 1.29 is 18.7 Å². The van der Waals surface area contributed by atoms with Crippen molar-refractivity contribution in [1.29, 1.82) is 0 Å². The lowest BCUT2D eigenvalue weighted by Crippen LogP contribution is -2.55. The predicted octanol–water partition coefficient (Wildman–Crippen LogP) is 1.41. The number of carbonyl (C=O) groups excluding carboxylic acids is 2. The number of likely N-dealkylation sites (N-methyl/N-ethyl adjacent to an activating group) is 1. The number of piperidine rings is 1. The fourth-order valence-corrected chi connectivity index (χ4v) is 4.18. The molecule has 1 unspecified atom stereocenters. The Morgan fingerprint density at radius 2 is 2.00 bits per heavy atom. The van der Waals surface area contributed by atoms with E-state index in [9.17, 15) is 14.0 Å². The lowest BCUT2D eigenvalue weighted by Gasteiger charge is -2.45. The number of fused-ring (bicyclic) bond motifs is 2. The molecule has 0 saturated carbocycles. The molecule has 9 heteroatoms. The van der Waals surface area contributed by atoms with Gasteiger partial charge in [-0.05, 0) is 24.1 Å². The van der Waals surface area contributed by atoms with Gasteiger partial charge in [-0.25, -0.2) is 14.2 Å². The molecule has 2 N–H and O–H groups in total. The van der Waals surface area contributed by atoms with Crippen molar-refractivity contribution in [1.82, 2.24) is 25.1 Å². The van der Waals surface area contributed by atoms with Crippen molar-refractivity contribution >= 4 is 11.9 Å². The lowest BCUT2D eigenvalue weighted by atomic mass is 9.88. The Labute approximate surface area is 174 Å². The summed E-state index contributed by atoms with van der Waals surface area (Å²) in [5.74, 6) is 0.392. The number of amides is 3. The molecule has 1 atom stereocenters. The van der Waals surface area contributed by atoms with Crippen LogP contribution in [0.4, 0.5) is 9.18 Å². The molecule has 2 aliphatic heterocycles. The van der Waals surface area contributed by atoms with Gasteiger partial charge in [0.05, 0.1) is 6.54 Å². The second kappa shape index (κ2) is 8.43. The highest BCUT2D eigenvalue weighted by molar-refractivity contribution is 5.80. The zero-order valence-electron chi connectivity index (χ0n) is 16.9. The minimum atomic E-state index is -0.663. The van der Waals surface area contributed by atoms with Gasteiger partial charge in [0.1, 0.15) is 17.2 Å². The molecule has 1 aromatic heterocycles. The first kappa shape index (κ1) is 20.3. The highest BCUT2D eigenvalue weighted by atomic mass is 19.1. The number of rotatable bonds is 4. The summed E-state index contributed by atoms with van der Waals surface area (Å²) in [5, 5.41) is 5.58. The number of nitrogens with one attached hydrogen (secondary N) is 2. The van der Waals surface area contributed by atoms with Crippen molar-refractivity contribution in [3.63, 3.8) is 0 Å². The molecule has 0 radical (unpaired) electrons. The van der Waals surface area contributed by atoms with Gasteiger partial charge in [-0.15, -0.1) is 0 Å². The second-order valence-electron chi connectivity index (χ2n) is 7.71. The summed E-state index contributed by atoms with van der Waals surface area (Å²) < 4.78 is 21.2. The summed E-state index contributed by atoms with van der Waals surface area (Å²) in [6.45, 7) is 1.93. The van der Waals surface area contributed by atoms with Crippen LogP contribution in [0.2, 0.25) is 0 Å². The highest BCUT2D eigenvalue weighted by Crippen LogP contribution is 2.40. The molecule has 3 amide bonds. The zero-order valence-corrected chi connectivity index (χ0v) is 16.9. The van der Waals surface area contributed by atoms with E-state index in [1.54, 1.807) is 30.3 Å². The van der Waals surface area contributed by atoms with E-state index >= 15 is 0 Å². The third kappa shape index (κ3) is 4.02. The normalized spacial score (nSPS) is 19.9. The first-order valence-corrected chi connectivity index (χ1v) is 10.2. The van der Waals surface area contributed by atoms with E-state index in [0.29, 0.717) is 45.4 Å². The number of likely N-dealkylation sites (tertiary alicyclic amines) is 1. The number of ether oxygens (including phenoxy) is 1. The topological polar surface area (TPSA) is 88.5 Å². The molecule has 1 saturated heterocycles. The number of nitrogens with zero attached hydrogens (tertiary/aromatic N) is 3. The van der Waals surface area contributed by atoms with Crippen LogP contribution in [0.1, 0.15) is 24.2 Å². The van der Waals surface area contributed by atoms with Gasteiger partial charge in [-0.2, -0.15) is 0 Å². The minimum Gasteiger partial charge on any atom is -0.357 e. The Morgan fingerprint density at radius 3 is 2.70 bits per heavy atom. The van der Waals surface area contributed by atoms with E-state index in [0.717, 1.165) is 11.4 Å². The van der Waals surface area contributed by atoms with E-state index in [1.807, 2.05) is 10.8 Å². The van der Waals surface area contributed by atoms with Crippen LogP contribution in [0, 0.1) is 5.82 Å². The fraction of sp³-hybridized carbons (Fsp3) is 0.476. The number of hydrogen-bond acceptors (Lipinski definition) is 4. The van der Waals surface area contributed by atoms with Gasteiger partial charge in [0.25, 0.3) is 5.91 Å². The number of urea groups is 1. The smallest absolute Gasteiger partial charge is 0.317 e. The van der Waals surface area contributed by atoms with Gasteiger partial charge in [0, 0.05) is 51.9 Å². The van der Waals surface area contributed by atoms with Crippen LogP contribution in [0.5, 0.6) is 0 Å². The van der Waals surface area contributed by atoms with E-state index in [2.05, 4.69) is 15.6 Å². The molecular weight excluding hydrogens is 389 g/mol. The number of halogens is 1. The molecule has 160 valence electrons. The Hall–Kier alpha value is -2.94. The molecule has 3 heterocycles. The van der Waals surface area contributed by atoms with Gasteiger partial charge in [0.2, 0.25) is 0 Å². The number of aromatic nitrogens is 2. The summed E-state index contributed by atoms with van der Waals surface area (Å²) >= 11 is 0. The van der Waals surface area contributed by atoms with E-state index in [1.165, 1.54) is 12.1 Å². The molecule has 1 spiro atoms. The van der Waals surface area contributed by atoms with Crippen LogP contribution in [-0.4, -0.2) is 59.2 Å². The summed E-state index contributed by atoms with van der Waals surface area (Å²) in [6.07, 6.45) is 4.79. The van der Waals surface area contributed by atoms with Gasteiger partial charge in [0.15, 0.2) is 6.10 Å². The monoisotopic (exact) mass is 415 g/mol. The average Bonchev–Trinajstić information content (AvgIpc) is 3.25. The Morgan fingerprint density at radius 1 is 1.27 bits per heavy atom. The van der Waals surface area contributed by atoms with Gasteiger partial charge >= 0.3 is 6.03 Å². The second-order valence-corrected chi connectivity index (χ2v) is 7.71. The predicted molar refractivity (Wildman–Crippen MR) is 107 cm³/mol. The fourth-order valence-electron chi connectivity index (χ4n) is 4.18. The first-order valence-electron chi connectivity index (χ1n) is 10.2. The van der Waals surface area contributed by atoms with Crippen LogP contribution in [0.15, 0.2) is 36.7 Å². The molecule has 30 heavy (non-hydrogen) atoms. The van der Waals surface area contributed by atoms with Gasteiger partial charge in [-0.1, -0.05) is 12.1 Å². The lowest BCUT2D eigenvalue weighted by molar-refractivity contribution is -0.171. The van der Waals surface area contributed by atoms with Crippen molar-refractivity contribution in [3.8, 4) is 0 Å². The maximum atomic E-state index is 13.0. The number of carbonyl (C=O) groups is 2.